The van der Waals surface area contributed by atoms with E-state index in [9.17, 15) is 9.59 Å². The number of para-hydroxylation sites is 1. The summed E-state index contributed by atoms with van der Waals surface area (Å²) in [5, 5.41) is 5.60. The number of amides is 1. The van der Waals surface area contributed by atoms with Crippen LogP contribution in [0.4, 0.5) is 5.69 Å². The fourth-order valence-electron chi connectivity index (χ4n) is 3.23. The van der Waals surface area contributed by atoms with Crippen LogP contribution in [0.5, 0.6) is 0 Å². The molecule has 1 amide bonds. The Morgan fingerprint density at radius 3 is 2.43 bits per heavy atom. The van der Waals surface area contributed by atoms with E-state index in [1.54, 1.807) is 30.3 Å². The highest BCUT2D eigenvalue weighted by Gasteiger charge is 2.20. The molecule has 4 rings (SSSR count). The molecule has 0 aliphatic rings. The predicted molar refractivity (Wildman–Crippen MR) is 107 cm³/mol. The van der Waals surface area contributed by atoms with E-state index >= 15 is 0 Å². The van der Waals surface area contributed by atoms with Crippen LogP contribution in [-0.4, -0.2) is 15.7 Å². The number of nitrogens with zero attached hydrogens (tertiary/aromatic N) is 3. The number of anilines is 1. The molecule has 2 aromatic carbocycles. The van der Waals surface area contributed by atoms with Crippen LogP contribution in [-0.2, 0) is 24.8 Å². The number of aromatic nitrogens is 2. The second-order valence-corrected chi connectivity index (χ2v) is 6.49. The SMILES string of the molecule is Cn1nc(CC(=O)N(Cc2ccco2)c2ccccc2)c2ccccc2c1=O. The first-order valence-corrected chi connectivity index (χ1v) is 8.96. The van der Waals surface area contributed by atoms with Gasteiger partial charge in [0, 0.05) is 18.1 Å². The van der Waals surface area contributed by atoms with Gasteiger partial charge in [-0.05, 0) is 30.3 Å². The van der Waals surface area contributed by atoms with Crippen LogP contribution in [0.25, 0.3) is 10.8 Å². The van der Waals surface area contributed by atoms with Crippen molar-refractivity contribution in [1.82, 2.24) is 9.78 Å². The molecule has 0 aliphatic heterocycles. The van der Waals surface area contributed by atoms with Gasteiger partial charge in [0.15, 0.2) is 0 Å². The summed E-state index contributed by atoms with van der Waals surface area (Å²) in [4.78, 5) is 27.2. The van der Waals surface area contributed by atoms with Gasteiger partial charge in [-0.3, -0.25) is 9.59 Å². The third kappa shape index (κ3) is 3.44. The van der Waals surface area contributed by atoms with E-state index in [1.165, 1.54) is 4.68 Å². The maximum atomic E-state index is 13.2. The maximum Gasteiger partial charge on any atom is 0.274 e. The molecular formula is C22H19N3O3. The zero-order chi connectivity index (χ0) is 19.5. The molecule has 0 atom stereocenters. The zero-order valence-electron chi connectivity index (χ0n) is 15.4. The van der Waals surface area contributed by atoms with E-state index in [4.69, 9.17) is 4.42 Å². The van der Waals surface area contributed by atoms with Crippen molar-refractivity contribution in [1.29, 1.82) is 0 Å². The van der Waals surface area contributed by atoms with Crippen LogP contribution in [0.1, 0.15) is 11.5 Å². The molecule has 0 spiro atoms. The van der Waals surface area contributed by atoms with Gasteiger partial charge in [0.05, 0.1) is 30.3 Å². The summed E-state index contributed by atoms with van der Waals surface area (Å²) in [6.07, 6.45) is 1.66. The van der Waals surface area contributed by atoms with Crippen LogP contribution in [0.3, 0.4) is 0 Å². The number of carbonyl (C=O) groups excluding carboxylic acids is 1. The fraction of sp³-hybridized carbons (Fsp3) is 0.136. The molecule has 0 N–H and O–H groups in total. The molecule has 0 unspecified atom stereocenters. The van der Waals surface area contributed by atoms with Crippen LogP contribution in [0.15, 0.2) is 82.2 Å². The molecule has 0 saturated carbocycles. The van der Waals surface area contributed by atoms with Crippen LogP contribution >= 0.6 is 0 Å². The minimum absolute atomic E-state index is 0.0736. The first-order valence-electron chi connectivity index (χ1n) is 8.96. The van der Waals surface area contributed by atoms with Crippen molar-refractivity contribution in [2.75, 3.05) is 4.90 Å². The molecule has 4 aromatic rings. The van der Waals surface area contributed by atoms with Gasteiger partial charge in [0.1, 0.15) is 5.76 Å². The molecule has 2 heterocycles. The molecule has 28 heavy (non-hydrogen) atoms. The third-order valence-electron chi connectivity index (χ3n) is 4.61. The Balaban J connectivity index is 1.71. The van der Waals surface area contributed by atoms with Crippen LogP contribution in [0.2, 0.25) is 0 Å². The first kappa shape index (κ1) is 17.7. The number of hydrogen-bond acceptors (Lipinski definition) is 4. The Bertz CT molecular complexity index is 1160. The normalized spacial score (nSPS) is 10.9. The highest BCUT2D eigenvalue weighted by atomic mass is 16.3. The Morgan fingerprint density at radius 1 is 1.00 bits per heavy atom. The lowest BCUT2D eigenvalue weighted by atomic mass is 10.1. The van der Waals surface area contributed by atoms with E-state index < -0.39 is 0 Å². The molecule has 2 aromatic heterocycles. The minimum Gasteiger partial charge on any atom is -0.467 e. The van der Waals surface area contributed by atoms with Gasteiger partial charge in [-0.2, -0.15) is 5.10 Å². The maximum absolute atomic E-state index is 13.2. The van der Waals surface area contributed by atoms with Crippen LogP contribution in [0, 0.1) is 0 Å². The predicted octanol–water partition coefficient (Wildman–Crippen LogP) is 3.30. The standard InChI is InChI=1S/C22H19N3O3/c1-24-22(27)19-12-6-5-11-18(19)20(23-24)14-21(26)25(15-17-10-7-13-28-17)16-8-3-2-4-9-16/h2-13H,14-15H2,1H3. The molecular weight excluding hydrogens is 354 g/mol. The van der Waals surface area contributed by atoms with Gasteiger partial charge in [0.25, 0.3) is 5.56 Å². The van der Waals surface area contributed by atoms with Gasteiger partial charge >= 0.3 is 0 Å². The lowest BCUT2D eigenvalue weighted by molar-refractivity contribution is -0.118. The lowest BCUT2D eigenvalue weighted by Crippen LogP contribution is -2.33. The molecule has 6 heteroatoms. The summed E-state index contributed by atoms with van der Waals surface area (Å²) >= 11 is 0. The highest BCUT2D eigenvalue weighted by molar-refractivity contribution is 5.97. The fourth-order valence-corrected chi connectivity index (χ4v) is 3.23. The van der Waals surface area contributed by atoms with Crippen molar-refractivity contribution < 1.29 is 9.21 Å². The van der Waals surface area contributed by atoms with Crippen molar-refractivity contribution >= 4 is 22.4 Å². The lowest BCUT2D eigenvalue weighted by Gasteiger charge is -2.22. The first-order chi connectivity index (χ1) is 13.6. The topological polar surface area (TPSA) is 68.3 Å². The van der Waals surface area contributed by atoms with E-state index in [-0.39, 0.29) is 17.9 Å². The molecule has 0 fully saturated rings. The molecule has 0 radical (unpaired) electrons. The highest BCUT2D eigenvalue weighted by Crippen LogP contribution is 2.20. The Morgan fingerprint density at radius 2 is 1.71 bits per heavy atom. The summed E-state index contributed by atoms with van der Waals surface area (Å²) in [6.45, 7) is 0.319. The average Bonchev–Trinajstić information content (AvgIpc) is 3.24. The zero-order valence-corrected chi connectivity index (χ0v) is 15.4. The van der Waals surface area contributed by atoms with Gasteiger partial charge < -0.3 is 9.32 Å². The van der Waals surface area contributed by atoms with Crippen molar-refractivity contribution in [3.63, 3.8) is 0 Å². The Kier molecular flexibility index (Phi) is 4.76. The van der Waals surface area contributed by atoms with Crippen molar-refractivity contribution in [2.24, 2.45) is 7.05 Å². The quantitative estimate of drug-likeness (QED) is 0.538. The average molecular weight is 373 g/mol. The van der Waals surface area contributed by atoms with Crippen LogP contribution < -0.4 is 10.5 Å². The van der Waals surface area contributed by atoms with E-state index in [0.717, 1.165) is 5.69 Å². The van der Waals surface area contributed by atoms with Crippen molar-refractivity contribution in [3.8, 4) is 0 Å². The number of fused-ring (bicyclic) bond motifs is 1. The van der Waals surface area contributed by atoms with Gasteiger partial charge in [0.2, 0.25) is 5.91 Å². The monoisotopic (exact) mass is 373 g/mol. The Hall–Kier alpha value is -3.67. The summed E-state index contributed by atoms with van der Waals surface area (Å²) in [6, 6.07) is 20.3. The second kappa shape index (κ2) is 7.52. The van der Waals surface area contributed by atoms with Crippen molar-refractivity contribution in [3.05, 3.63) is 94.8 Å². The van der Waals surface area contributed by atoms with Crippen molar-refractivity contribution in [2.45, 2.75) is 13.0 Å². The molecule has 0 saturated heterocycles. The largest absolute Gasteiger partial charge is 0.467 e. The molecule has 0 aliphatic carbocycles. The molecule has 6 nitrogen and oxygen atoms in total. The van der Waals surface area contributed by atoms with Gasteiger partial charge in [-0.1, -0.05) is 36.4 Å². The second-order valence-electron chi connectivity index (χ2n) is 6.49. The number of furan rings is 1. The molecule has 0 bridgehead atoms. The molecule has 140 valence electrons. The summed E-state index contributed by atoms with van der Waals surface area (Å²) in [5.74, 6) is 0.564. The number of rotatable bonds is 5. The van der Waals surface area contributed by atoms with E-state index in [0.29, 0.717) is 28.8 Å². The number of aryl methyl sites for hydroxylation is 1. The number of benzene rings is 2. The van der Waals surface area contributed by atoms with Gasteiger partial charge in [-0.15, -0.1) is 0 Å². The smallest absolute Gasteiger partial charge is 0.274 e. The summed E-state index contributed by atoms with van der Waals surface area (Å²) in [7, 11) is 1.60. The Labute approximate surface area is 161 Å². The summed E-state index contributed by atoms with van der Waals surface area (Å²) < 4.78 is 6.72. The number of carbonyl (C=O) groups is 1. The van der Waals surface area contributed by atoms with E-state index in [2.05, 4.69) is 5.10 Å². The minimum atomic E-state index is -0.178. The summed E-state index contributed by atoms with van der Waals surface area (Å²) in [5.41, 5.74) is 1.17. The van der Waals surface area contributed by atoms with Gasteiger partial charge in [-0.25, -0.2) is 4.68 Å². The number of hydrogen-bond donors (Lipinski definition) is 0. The third-order valence-corrected chi connectivity index (χ3v) is 4.61. The van der Waals surface area contributed by atoms with E-state index in [1.807, 2.05) is 54.6 Å².